The van der Waals surface area contributed by atoms with Crippen molar-refractivity contribution >= 4 is 29.0 Å². The molecule has 0 spiro atoms. The van der Waals surface area contributed by atoms with Crippen LogP contribution in [0.3, 0.4) is 0 Å². The number of hydrogen-bond donors (Lipinski definition) is 0. The van der Waals surface area contributed by atoms with Crippen molar-refractivity contribution in [1.29, 1.82) is 0 Å². The van der Waals surface area contributed by atoms with Crippen LogP contribution in [0.1, 0.15) is 27.2 Å². The highest BCUT2D eigenvalue weighted by Gasteiger charge is 2.30. The predicted octanol–water partition coefficient (Wildman–Crippen LogP) is 3.39. The highest BCUT2D eigenvalue weighted by atomic mass is 35.5. The van der Waals surface area contributed by atoms with Crippen molar-refractivity contribution in [3.8, 4) is 0 Å². The first-order chi connectivity index (χ1) is 6.88. The number of ketones is 1. The van der Waals surface area contributed by atoms with E-state index in [9.17, 15) is 4.79 Å². The number of hydrogen-bond acceptors (Lipinski definition) is 2. The van der Waals surface area contributed by atoms with E-state index in [-0.39, 0.29) is 22.0 Å². The Morgan fingerprint density at radius 1 is 1.40 bits per heavy atom. The Hall–Kier alpha value is -0.310. The number of carbonyl (C=O) groups excluding carboxylic acids is 1. The molecule has 0 aromatic carbocycles. The van der Waals surface area contributed by atoms with Crippen LogP contribution in [-0.2, 0) is 9.53 Å². The standard InChI is InChI=1S/C11H14Cl2O2/c1-4-7(2)15-11(3)5-8(12)10(14)9(13)6-11/h5-7H,4H2,1-3H3. The second kappa shape index (κ2) is 4.69. The van der Waals surface area contributed by atoms with Gasteiger partial charge in [-0.1, -0.05) is 30.1 Å². The predicted molar refractivity (Wildman–Crippen MR) is 62.1 cm³/mol. The fourth-order valence-corrected chi connectivity index (χ4v) is 2.06. The van der Waals surface area contributed by atoms with Crippen LogP contribution >= 0.6 is 23.2 Å². The molecular weight excluding hydrogens is 235 g/mol. The lowest BCUT2D eigenvalue weighted by Gasteiger charge is -2.29. The minimum absolute atomic E-state index is 0.0876. The van der Waals surface area contributed by atoms with Gasteiger partial charge in [0.25, 0.3) is 0 Å². The number of allylic oxidation sites excluding steroid dienone is 2. The van der Waals surface area contributed by atoms with Gasteiger partial charge in [0.15, 0.2) is 0 Å². The molecular formula is C11H14Cl2O2. The molecule has 0 radical (unpaired) electrons. The number of ether oxygens (including phenoxy) is 1. The van der Waals surface area contributed by atoms with E-state index < -0.39 is 5.60 Å². The van der Waals surface area contributed by atoms with Crippen LogP contribution in [-0.4, -0.2) is 17.5 Å². The Bertz CT molecular complexity index is 309. The molecule has 1 aliphatic carbocycles. The molecule has 0 bridgehead atoms. The van der Waals surface area contributed by atoms with Gasteiger partial charge in [-0.15, -0.1) is 0 Å². The molecule has 15 heavy (non-hydrogen) atoms. The second-order valence-electron chi connectivity index (χ2n) is 3.83. The lowest BCUT2D eigenvalue weighted by atomic mass is 9.99. The SMILES string of the molecule is CCC(C)OC1(C)C=C(Cl)C(=O)C(Cl)=C1. The van der Waals surface area contributed by atoms with E-state index in [0.29, 0.717) is 0 Å². The van der Waals surface area contributed by atoms with Crippen LogP contribution in [0, 0.1) is 0 Å². The summed E-state index contributed by atoms with van der Waals surface area (Å²) in [5, 5.41) is 0.238. The van der Waals surface area contributed by atoms with E-state index in [1.54, 1.807) is 12.2 Å². The Morgan fingerprint density at radius 3 is 2.27 bits per heavy atom. The lowest BCUT2D eigenvalue weighted by Crippen LogP contribution is -2.32. The van der Waals surface area contributed by atoms with Gasteiger partial charge in [0.1, 0.15) is 5.60 Å². The highest BCUT2D eigenvalue weighted by Crippen LogP contribution is 2.30. The summed E-state index contributed by atoms with van der Waals surface area (Å²) in [5.41, 5.74) is -0.683. The molecule has 1 atom stereocenters. The van der Waals surface area contributed by atoms with Gasteiger partial charge in [-0.25, -0.2) is 0 Å². The van der Waals surface area contributed by atoms with E-state index >= 15 is 0 Å². The topological polar surface area (TPSA) is 26.3 Å². The zero-order chi connectivity index (χ0) is 11.6. The third-order valence-corrected chi connectivity index (χ3v) is 2.85. The van der Waals surface area contributed by atoms with Crippen LogP contribution in [0.2, 0.25) is 0 Å². The normalized spacial score (nSPS) is 22.1. The largest absolute Gasteiger partial charge is 0.364 e. The van der Waals surface area contributed by atoms with E-state index in [1.807, 2.05) is 20.8 Å². The Balaban J connectivity index is 2.90. The van der Waals surface area contributed by atoms with Crippen molar-refractivity contribution < 1.29 is 9.53 Å². The first-order valence-electron chi connectivity index (χ1n) is 4.87. The molecule has 0 aromatic rings. The van der Waals surface area contributed by atoms with Gasteiger partial charge < -0.3 is 4.74 Å². The molecule has 0 saturated carbocycles. The summed E-state index contributed by atoms with van der Waals surface area (Å²) in [6.45, 7) is 5.82. The van der Waals surface area contributed by atoms with Crippen LogP contribution in [0.15, 0.2) is 22.2 Å². The average Bonchev–Trinajstić information content (AvgIpc) is 2.13. The van der Waals surface area contributed by atoms with Crippen molar-refractivity contribution in [2.75, 3.05) is 0 Å². The third kappa shape index (κ3) is 3.07. The molecule has 1 unspecified atom stereocenters. The lowest BCUT2D eigenvalue weighted by molar-refractivity contribution is -0.111. The van der Waals surface area contributed by atoms with Crippen molar-refractivity contribution in [3.05, 3.63) is 22.2 Å². The van der Waals surface area contributed by atoms with E-state index in [0.717, 1.165) is 6.42 Å². The smallest absolute Gasteiger partial charge is 0.215 e. The van der Waals surface area contributed by atoms with Crippen LogP contribution < -0.4 is 0 Å². The molecule has 2 nitrogen and oxygen atoms in total. The van der Waals surface area contributed by atoms with Crippen LogP contribution in [0.25, 0.3) is 0 Å². The molecule has 1 aliphatic rings. The molecule has 1 rings (SSSR count). The van der Waals surface area contributed by atoms with Gasteiger partial charge in [-0.05, 0) is 32.4 Å². The fourth-order valence-electron chi connectivity index (χ4n) is 1.37. The number of Topliss-reactive ketones (excluding diaryl/α,β-unsaturated/α-hetero) is 1. The monoisotopic (exact) mass is 248 g/mol. The molecule has 0 fully saturated rings. The minimum atomic E-state index is -0.683. The summed E-state index contributed by atoms with van der Waals surface area (Å²) in [6, 6.07) is 0. The molecule has 84 valence electrons. The fraction of sp³-hybridized carbons (Fsp3) is 0.545. The highest BCUT2D eigenvalue weighted by molar-refractivity contribution is 6.55. The van der Waals surface area contributed by atoms with Gasteiger partial charge in [-0.3, -0.25) is 4.79 Å². The van der Waals surface area contributed by atoms with Gasteiger partial charge >= 0.3 is 0 Å². The molecule has 0 saturated heterocycles. The quantitative estimate of drug-likeness (QED) is 0.766. The van der Waals surface area contributed by atoms with Gasteiger partial charge in [0.05, 0.1) is 16.2 Å². The molecule has 0 aliphatic heterocycles. The first kappa shape index (κ1) is 12.8. The van der Waals surface area contributed by atoms with Gasteiger partial charge in [0, 0.05) is 0 Å². The maximum atomic E-state index is 11.3. The maximum absolute atomic E-state index is 11.3. The zero-order valence-corrected chi connectivity index (χ0v) is 10.5. The maximum Gasteiger partial charge on any atom is 0.215 e. The Kier molecular flexibility index (Phi) is 3.99. The minimum Gasteiger partial charge on any atom is -0.364 e. The number of carbonyl (C=O) groups is 1. The Morgan fingerprint density at radius 2 is 1.87 bits per heavy atom. The summed E-state index contributed by atoms with van der Waals surface area (Å²) in [5.74, 6) is -0.344. The summed E-state index contributed by atoms with van der Waals surface area (Å²) >= 11 is 11.6. The summed E-state index contributed by atoms with van der Waals surface area (Å²) in [7, 11) is 0. The van der Waals surface area contributed by atoms with E-state index in [1.165, 1.54) is 0 Å². The first-order valence-corrected chi connectivity index (χ1v) is 5.63. The van der Waals surface area contributed by atoms with E-state index in [2.05, 4.69) is 0 Å². The summed E-state index contributed by atoms with van der Waals surface area (Å²) < 4.78 is 5.74. The van der Waals surface area contributed by atoms with Crippen molar-refractivity contribution in [1.82, 2.24) is 0 Å². The molecule has 0 N–H and O–H groups in total. The molecule has 0 aromatic heterocycles. The molecule has 4 heteroatoms. The second-order valence-corrected chi connectivity index (χ2v) is 4.65. The number of rotatable bonds is 3. The third-order valence-electron chi connectivity index (χ3n) is 2.29. The Labute approximate surface area is 99.9 Å². The van der Waals surface area contributed by atoms with Crippen molar-refractivity contribution in [2.45, 2.75) is 38.9 Å². The van der Waals surface area contributed by atoms with Gasteiger partial charge in [0.2, 0.25) is 5.78 Å². The zero-order valence-electron chi connectivity index (χ0n) is 9.01. The van der Waals surface area contributed by atoms with E-state index in [4.69, 9.17) is 27.9 Å². The number of halogens is 2. The summed E-state index contributed by atoms with van der Waals surface area (Å²) in [6.07, 6.45) is 4.16. The average molecular weight is 249 g/mol. The van der Waals surface area contributed by atoms with Gasteiger partial charge in [-0.2, -0.15) is 0 Å². The molecule has 0 heterocycles. The molecule has 0 amide bonds. The summed E-state index contributed by atoms with van der Waals surface area (Å²) in [4.78, 5) is 11.3. The van der Waals surface area contributed by atoms with Crippen molar-refractivity contribution in [3.63, 3.8) is 0 Å². The van der Waals surface area contributed by atoms with Crippen LogP contribution in [0.5, 0.6) is 0 Å². The van der Waals surface area contributed by atoms with Crippen molar-refractivity contribution in [2.24, 2.45) is 0 Å². The van der Waals surface area contributed by atoms with Crippen LogP contribution in [0.4, 0.5) is 0 Å².